The summed E-state index contributed by atoms with van der Waals surface area (Å²) in [6, 6.07) is 19.8. The molecule has 0 radical (unpaired) electrons. The van der Waals surface area contributed by atoms with E-state index in [0.29, 0.717) is 12.1 Å². The second-order valence-electron chi connectivity index (χ2n) is 7.66. The lowest BCUT2D eigenvalue weighted by molar-refractivity contribution is 0.312. The third-order valence-electron chi connectivity index (χ3n) is 5.33. The quantitative estimate of drug-likeness (QED) is 0.385. The number of aromatic nitrogens is 1. The Bertz CT molecular complexity index is 1180. The number of hydrogen-bond acceptors (Lipinski definition) is 5. The van der Waals surface area contributed by atoms with Crippen LogP contribution >= 0.6 is 0 Å². The van der Waals surface area contributed by atoms with E-state index in [9.17, 15) is 4.79 Å². The van der Waals surface area contributed by atoms with Crippen molar-refractivity contribution in [2.24, 2.45) is 0 Å². The molecule has 0 aliphatic carbocycles. The van der Waals surface area contributed by atoms with Gasteiger partial charge in [0.1, 0.15) is 17.0 Å². The first-order valence-electron chi connectivity index (χ1n) is 10.4. The minimum atomic E-state index is -0.297. The molecule has 2 aromatic heterocycles. The van der Waals surface area contributed by atoms with E-state index in [-0.39, 0.29) is 5.63 Å². The van der Waals surface area contributed by atoms with Crippen LogP contribution < -0.4 is 5.63 Å². The zero-order valence-electron chi connectivity index (χ0n) is 17.4. The van der Waals surface area contributed by atoms with E-state index in [1.165, 1.54) is 0 Å². The highest BCUT2D eigenvalue weighted by molar-refractivity contribution is 5.80. The fraction of sp³-hybridized carbons (Fsp3) is 0.280. The average molecular weight is 402 g/mol. The Balaban J connectivity index is 1.37. The molecule has 0 saturated heterocycles. The zero-order chi connectivity index (χ0) is 20.9. The maximum absolute atomic E-state index is 12.0. The molecule has 0 amide bonds. The van der Waals surface area contributed by atoms with Gasteiger partial charge in [0.25, 0.3) is 0 Å². The van der Waals surface area contributed by atoms with E-state index in [4.69, 9.17) is 8.94 Å². The molecule has 0 aliphatic rings. The number of aryl methyl sites for hydroxylation is 2. The molecule has 0 aliphatic heterocycles. The zero-order valence-corrected chi connectivity index (χ0v) is 17.4. The van der Waals surface area contributed by atoms with Crippen LogP contribution in [0.25, 0.3) is 22.2 Å². The van der Waals surface area contributed by atoms with E-state index in [1.807, 2.05) is 42.5 Å². The van der Waals surface area contributed by atoms with Crippen LogP contribution in [0.4, 0.5) is 0 Å². The topological polar surface area (TPSA) is 59.5 Å². The Morgan fingerprint density at radius 1 is 1.03 bits per heavy atom. The summed E-state index contributed by atoms with van der Waals surface area (Å²) in [5, 5.41) is 5.18. The van der Waals surface area contributed by atoms with Crippen LogP contribution in [0, 0.1) is 0 Å². The van der Waals surface area contributed by atoms with Gasteiger partial charge in [-0.25, -0.2) is 4.79 Å². The molecule has 4 rings (SSSR count). The van der Waals surface area contributed by atoms with Gasteiger partial charge < -0.3 is 13.8 Å². The molecule has 4 aromatic rings. The van der Waals surface area contributed by atoms with Gasteiger partial charge in [0.2, 0.25) is 0 Å². The third kappa shape index (κ3) is 4.69. The molecular formula is C25H26N2O3. The Morgan fingerprint density at radius 3 is 2.67 bits per heavy atom. The number of fused-ring (bicyclic) bond motifs is 1. The second-order valence-corrected chi connectivity index (χ2v) is 7.66. The highest BCUT2D eigenvalue weighted by Gasteiger charge is 2.10. The van der Waals surface area contributed by atoms with E-state index < -0.39 is 0 Å². The minimum Gasteiger partial charge on any atom is -0.423 e. The fourth-order valence-corrected chi connectivity index (χ4v) is 3.69. The molecule has 2 aromatic carbocycles. The minimum absolute atomic E-state index is 0.297. The van der Waals surface area contributed by atoms with Crippen molar-refractivity contribution in [2.45, 2.75) is 32.7 Å². The molecular weight excluding hydrogens is 376 g/mol. The molecule has 154 valence electrons. The molecule has 5 heteroatoms. The number of benzene rings is 2. The molecule has 0 spiro atoms. The van der Waals surface area contributed by atoms with Gasteiger partial charge in [-0.1, -0.05) is 54.5 Å². The van der Waals surface area contributed by atoms with Crippen LogP contribution in [0.3, 0.4) is 0 Å². The number of rotatable bonds is 8. The van der Waals surface area contributed by atoms with Crippen molar-refractivity contribution in [1.82, 2.24) is 10.1 Å². The van der Waals surface area contributed by atoms with E-state index in [2.05, 4.69) is 36.2 Å². The van der Waals surface area contributed by atoms with Gasteiger partial charge in [-0.15, -0.1) is 0 Å². The highest BCUT2D eigenvalue weighted by Crippen LogP contribution is 2.21. The van der Waals surface area contributed by atoms with E-state index >= 15 is 0 Å². The molecule has 0 unspecified atom stereocenters. The van der Waals surface area contributed by atoms with Crippen LogP contribution in [0.5, 0.6) is 0 Å². The van der Waals surface area contributed by atoms with Gasteiger partial charge in [0.15, 0.2) is 0 Å². The molecule has 0 fully saturated rings. The summed E-state index contributed by atoms with van der Waals surface area (Å²) in [7, 11) is 2.07. The molecule has 0 bridgehead atoms. The molecule has 5 nitrogen and oxygen atoms in total. The molecule has 2 heterocycles. The van der Waals surface area contributed by atoms with Crippen molar-refractivity contribution in [1.29, 1.82) is 0 Å². The normalized spacial score (nSPS) is 11.4. The monoisotopic (exact) mass is 402 g/mol. The van der Waals surface area contributed by atoms with Crippen molar-refractivity contribution in [3.8, 4) is 11.3 Å². The summed E-state index contributed by atoms with van der Waals surface area (Å²) in [5.41, 5.74) is 4.46. The maximum atomic E-state index is 12.0. The number of nitrogens with zero attached hydrogens (tertiary/aromatic N) is 2. The predicted octanol–water partition coefficient (Wildman–Crippen LogP) is 5.08. The van der Waals surface area contributed by atoms with Crippen LogP contribution in [0.15, 0.2) is 74.4 Å². The third-order valence-corrected chi connectivity index (χ3v) is 5.33. The highest BCUT2D eigenvalue weighted by atomic mass is 16.5. The lowest BCUT2D eigenvalue weighted by Gasteiger charge is -2.17. The summed E-state index contributed by atoms with van der Waals surface area (Å²) >= 11 is 0. The number of hydrogen-bond donors (Lipinski definition) is 0. The van der Waals surface area contributed by atoms with Crippen molar-refractivity contribution in [3.63, 3.8) is 0 Å². The van der Waals surface area contributed by atoms with Gasteiger partial charge in [0, 0.05) is 36.0 Å². The van der Waals surface area contributed by atoms with E-state index in [0.717, 1.165) is 59.3 Å². The van der Waals surface area contributed by atoms with Crippen LogP contribution in [0.1, 0.15) is 30.2 Å². The molecule has 0 N–H and O–H groups in total. The average Bonchev–Trinajstić information content (AvgIpc) is 3.22. The lowest BCUT2D eigenvalue weighted by Crippen LogP contribution is -2.20. The summed E-state index contributed by atoms with van der Waals surface area (Å²) in [6.07, 6.45) is 2.68. The van der Waals surface area contributed by atoms with Gasteiger partial charge >= 0.3 is 5.63 Å². The van der Waals surface area contributed by atoms with Crippen molar-refractivity contribution >= 4 is 11.0 Å². The first kappa shape index (κ1) is 20.1. The van der Waals surface area contributed by atoms with Crippen LogP contribution in [-0.4, -0.2) is 23.6 Å². The Morgan fingerprint density at radius 2 is 1.87 bits per heavy atom. The molecule has 0 saturated carbocycles. The van der Waals surface area contributed by atoms with Crippen LogP contribution in [-0.2, 0) is 19.4 Å². The maximum Gasteiger partial charge on any atom is 0.336 e. The van der Waals surface area contributed by atoms with Gasteiger partial charge in [0.05, 0.1) is 0 Å². The van der Waals surface area contributed by atoms with Crippen LogP contribution in [0.2, 0.25) is 0 Å². The van der Waals surface area contributed by atoms with Gasteiger partial charge in [-0.3, -0.25) is 0 Å². The van der Waals surface area contributed by atoms with Crippen molar-refractivity contribution < 1.29 is 8.94 Å². The summed E-state index contributed by atoms with van der Waals surface area (Å²) in [4.78, 5) is 14.2. The fourth-order valence-electron chi connectivity index (χ4n) is 3.69. The van der Waals surface area contributed by atoms with E-state index in [1.54, 1.807) is 6.07 Å². The Hall–Kier alpha value is -3.18. The summed E-state index contributed by atoms with van der Waals surface area (Å²) in [6.45, 7) is 3.67. The molecule has 0 atom stereocenters. The largest absolute Gasteiger partial charge is 0.423 e. The second kappa shape index (κ2) is 9.09. The SMILES string of the molecule is CCc1ccc2c(CN(C)CCCc3cc(-c4ccccc4)no3)cc(=O)oc2c1. The first-order valence-corrected chi connectivity index (χ1v) is 10.4. The van der Waals surface area contributed by atoms with Gasteiger partial charge in [-0.2, -0.15) is 0 Å². The van der Waals surface area contributed by atoms with Crippen molar-refractivity contribution in [2.75, 3.05) is 13.6 Å². The summed E-state index contributed by atoms with van der Waals surface area (Å²) < 4.78 is 10.9. The Labute approximate surface area is 175 Å². The standard InChI is InChI=1S/C25H26N2O3/c1-3-18-11-12-22-20(15-25(28)29-24(22)14-18)17-27(2)13-7-10-21-16-23(26-30-21)19-8-5-4-6-9-19/h4-6,8-9,11-12,14-16H,3,7,10,13,17H2,1-2H3. The van der Waals surface area contributed by atoms with Gasteiger partial charge in [-0.05, 0) is 43.6 Å². The molecule has 30 heavy (non-hydrogen) atoms. The summed E-state index contributed by atoms with van der Waals surface area (Å²) in [5.74, 6) is 0.889. The lowest BCUT2D eigenvalue weighted by atomic mass is 10.1. The predicted molar refractivity (Wildman–Crippen MR) is 118 cm³/mol. The smallest absolute Gasteiger partial charge is 0.336 e. The van der Waals surface area contributed by atoms with Crippen molar-refractivity contribution in [3.05, 3.63) is 88.0 Å². The Kier molecular flexibility index (Phi) is 6.10. The first-order chi connectivity index (χ1) is 14.6.